The Hall–Kier alpha value is -1.35. The summed E-state index contributed by atoms with van der Waals surface area (Å²) < 4.78 is 30.4. The monoisotopic (exact) mass is 280 g/mol. The highest BCUT2D eigenvalue weighted by atomic mass is 32.2. The minimum atomic E-state index is -4.17. The van der Waals surface area contributed by atoms with Gasteiger partial charge in [0.2, 0.25) is 0 Å². The Kier molecular flexibility index (Phi) is 4.91. The minimum Gasteiger partial charge on any atom is -0.480 e. The minimum absolute atomic E-state index is 0.0307. The number of carbonyl (C=O) groups is 2. The highest BCUT2D eigenvalue weighted by Gasteiger charge is 2.33. The molecule has 1 aliphatic rings. The average Bonchev–Trinajstić information content (AvgIpc) is 2.99. The number of hydrogen-bond donors (Lipinski definition) is 2. The van der Waals surface area contributed by atoms with Crippen LogP contribution in [0.3, 0.4) is 0 Å². The standard InChI is InChI=1S/C9H16N2O6S/c1-2-17-9(14)10-18(15,16)11(6-8(12)13)5-7-3-4-7/h7H,2-6H2,1H3,(H,10,14)(H,12,13). The van der Waals surface area contributed by atoms with Gasteiger partial charge in [0.15, 0.2) is 0 Å². The summed E-state index contributed by atoms with van der Waals surface area (Å²) in [5.74, 6) is -1.10. The molecule has 104 valence electrons. The molecule has 1 saturated carbocycles. The Morgan fingerprint density at radius 1 is 1.44 bits per heavy atom. The summed E-state index contributed by atoms with van der Waals surface area (Å²) in [5, 5.41) is 8.67. The average molecular weight is 280 g/mol. The van der Waals surface area contributed by atoms with Gasteiger partial charge in [-0.1, -0.05) is 0 Å². The molecule has 0 heterocycles. The second-order valence-electron chi connectivity index (χ2n) is 3.96. The van der Waals surface area contributed by atoms with Crippen molar-refractivity contribution in [2.75, 3.05) is 19.7 Å². The first kappa shape index (κ1) is 14.7. The normalized spacial score (nSPS) is 15.4. The van der Waals surface area contributed by atoms with Gasteiger partial charge in [0.05, 0.1) is 6.61 Å². The first-order chi connectivity index (χ1) is 8.35. The molecule has 0 aromatic rings. The lowest BCUT2D eigenvalue weighted by atomic mass is 10.4. The third kappa shape index (κ3) is 4.88. The summed E-state index contributed by atoms with van der Waals surface area (Å²) in [6, 6.07) is 0. The Bertz CT molecular complexity index is 417. The van der Waals surface area contributed by atoms with Gasteiger partial charge < -0.3 is 9.84 Å². The van der Waals surface area contributed by atoms with Crippen molar-refractivity contribution < 1.29 is 27.9 Å². The summed E-state index contributed by atoms with van der Waals surface area (Å²) >= 11 is 0. The molecule has 1 rings (SSSR count). The van der Waals surface area contributed by atoms with Gasteiger partial charge in [-0.15, -0.1) is 0 Å². The molecule has 0 aromatic heterocycles. The van der Waals surface area contributed by atoms with Crippen molar-refractivity contribution in [3.63, 3.8) is 0 Å². The number of nitrogens with zero attached hydrogens (tertiary/aromatic N) is 1. The van der Waals surface area contributed by atoms with Gasteiger partial charge in [-0.25, -0.2) is 9.52 Å². The fourth-order valence-electron chi connectivity index (χ4n) is 1.32. The van der Waals surface area contributed by atoms with Crippen LogP contribution in [-0.4, -0.2) is 49.6 Å². The predicted molar refractivity (Wildman–Crippen MR) is 61.0 cm³/mol. The van der Waals surface area contributed by atoms with Crippen LogP contribution < -0.4 is 4.72 Å². The number of amides is 1. The quantitative estimate of drug-likeness (QED) is 0.666. The van der Waals surface area contributed by atoms with Crippen LogP contribution in [0, 0.1) is 5.92 Å². The van der Waals surface area contributed by atoms with E-state index in [1.54, 1.807) is 4.72 Å². The van der Waals surface area contributed by atoms with Gasteiger partial charge in [0.25, 0.3) is 0 Å². The van der Waals surface area contributed by atoms with E-state index in [1.807, 2.05) is 0 Å². The van der Waals surface area contributed by atoms with E-state index in [9.17, 15) is 18.0 Å². The maximum absolute atomic E-state index is 11.8. The molecule has 0 radical (unpaired) electrons. The zero-order valence-electron chi connectivity index (χ0n) is 9.96. The van der Waals surface area contributed by atoms with Crippen LogP contribution in [0.4, 0.5) is 4.79 Å². The first-order valence-electron chi connectivity index (χ1n) is 5.51. The molecule has 0 bridgehead atoms. The van der Waals surface area contributed by atoms with Crippen molar-refractivity contribution in [3.8, 4) is 0 Å². The third-order valence-corrected chi connectivity index (χ3v) is 3.68. The molecule has 1 fully saturated rings. The Morgan fingerprint density at radius 2 is 2.06 bits per heavy atom. The lowest BCUT2D eigenvalue weighted by Crippen LogP contribution is -2.46. The molecule has 1 amide bonds. The summed E-state index contributed by atoms with van der Waals surface area (Å²) in [7, 11) is -4.17. The number of carboxylic acid groups (broad SMARTS) is 1. The molecule has 0 saturated heterocycles. The van der Waals surface area contributed by atoms with Gasteiger partial charge in [-0.3, -0.25) is 4.79 Å². The number of nitrogens with one attached hydrogen (secondary N) is 1. The molecule has 1 aliphatic carbocycles. The fourth-order valence-corrected chi connectivity index (χ4v) is 2.40. The highest BCUT2D eigenvalue weighted by molar-refractivity contribution is 7.87. The van der Waals surface area contributed by atoms with Crippen LogP contribution in [-0.2, 0) is 19.7 Å². The lowest BCUT2D eigenvalue weighted by molar-refractivity contribution is -0.137. The maximum atomic E-state index is 11.8. The molecule has 18 heavy (non-hydrogen) atoms. The highest BCUT2D eigenvalue weighted by Crippen LogP contribution is 2.30. The van der Waals surface area contributed by atoms with E-state index < -0.39 is 28.8 Å². The summed E-state index contributed by atoms with van der Waals surface area (Å²) in [5.41, 5.74) is 0. The number of aliphatic carboxylic acids is 1. The van der Waals surface area contributed by atoms with Crippen LogP contribution in [0.2, 0.25) is 0 Å². The van der Waals surface area contributed by atoms with Crippen LogP contribution in [0.15, 0.2) is 0 Å². The summed E-state index contributed by atoms with van der Waals surface area (Å²) in [4.78, 5) is 21.7. The van der Waals surface area contributed by atoms with Crippen molar-refractivity contribution >= 4 is 22.3 Å². The molecule has 0 unspecified atom stereocenters. The van der Waals surface area contributed by atoms with Gasteiger partial charge >= 0.3 is 22.3 Å². The molecule has 8 nitrogen and oxygen atoms in total. The van der Waals surface area contributed by atoms with Crippen LogP contribution >= 0.6 is 0 Å². The molecular weight excluding hydrogens is 264 g/mol. The second kappa shape index (κ2) is 6.01. The summed E-state index contributed by atoms with van der Waals surface area (Å²) in [6.45, 7) is 0.987. The molecule has 2 N–H and O–H groups in total. The predicted octanol–water partition coefficient (Wildman–Crippen LogP) is -0.226. The van der Waals surface area contributed by atoms with E-state index in [0.29, 0.717) is 0 Å². The van der Waals surface area contributed by atoms with Gasteiger partial charge in [-0.05, 0) is 25.7 Å². The van der Waals surface area contributed by atoms with Crippen LogP contribution in [0.25, 0.3) is 0 Å². The summed E-state index contributed by atoms with van der Waals surface area (Å²) in [6.07, 6.45) is 0.625. The molecular formula is C9H16N2O6S. The SMILES string of the molecule is CCOC(=O)NS(=O)(=O)N(CC(=O)O)CC1CC1. The Morgan fingerprint density at radius 3 is 2.50 bits per heavy atom. The number of rotatable bonds is 7. The zero-order valence-corrected chi connectivity index (χ0v) is 10.8. The van der Waals surface area contributed by atoms with E-state index in [4.69, 9.17) is 5.11 Å². The molecule has 9 heteroatoms. The number of carboxylic acids is 1. The molecule has 0 aliphatic heterocycles. The van der Waals surface area contributed by atoms with Crippen molar-refractivity contribution in [2.24, 2.45) is 5.92 Å². The van der Waals surface area contributed by atoms with E-state index in [0.717, 1.165) is 17.1 Å². The van der Waals surface area contributed by atoms with Crippen LogP contribution in [0.1, 0.15) is 19.8 Å². The zero-order chi connectivity index (χ0) is 13.8. The number of ether oxygens (including phenoxy) is 1. The van der Waals surface area contributed by atoms with Crippen LogP contribution in [0.5, 0.6) is 0 Å². The Labute approximate surface area is 105 Å². The maximum Gasteiger partial charge on any atom is 0.421 e. The van der Waals surface area contributed by atoms with Crippen molar-refractivity contribution in [3.05, 3.63) is 0 Å². The lowest BCUT2D eigenvalue weighted by Gasteiger charge is -2.19. The van der Waals surface area contributed by atoms with E-state index in [1.165, 1.54) is 6.92 Å². The molecule has 0 spiro atoms. The van der Waals surface area contributed by atoms with Crippen molar-refractivity contribution in [1.82, 2.24) is 9.03 Å². The second-order valence-corrected chi connectivity index (χ2v) is 5.63. The van der Waals surface area contributed by atoms with E-state index >= 15 is 0 Å². The van der Waals surface area contributed by atoms with Gasteiger partial charge in [0.1, 0.15) is 6.54 Å². The smallest absolute Gasteiger partial charge is 0.421 e. The van der Waals surface area contributed by atoms with Gasteiger partial charge in [-0.2, -0.15) is 12.7 Å². The molecule has 0 atom stereocenters. The number of carbonyl (C=O) groups excluding carboxylic acids is 1. The van der Waals surface area contributed by atoms with Crippen molar-refractivity contribution in [2.45, 2.75) is 19.8 Å². The fraction of sp³-hybridized carbons (Fsp3) is 0.778. The van der Waals surface area contributed by atoms with Crippen molar-refractivity contribution in [1.29, 1.82) is 0 Å². The first-order valence-corrected chi connectivity index (χ1v) is 6.95. The number of hydrogen-bond acceptors (Lipinski definition) is 5. The van der Waals surface area contributed by atoms with E-state index in [2.05, 4.69) is 4.74 Å². The third-order valence-electron chi connectivity index (χ3n) is 2.30. The van der Waals surface area contributed by atoms with E-state index in [-0.39, 0.29) is 19.1 Å². The van der Waals surface area contributed by atoms with Gasteiger partial charge in [0, 0.05) is 6.54 Å². The molecule has 0 aromatic carbocycles. The Balaban J connectivity index is 2.67. The largest absolute Gasteiger partial charge is 0.480 e. The topological polar surface area (TPSA) is 113 Å².